The molecule has 1 unspecified atom stereocenters. The predicted molar refractivity (Wildman–Crippen MR) is 76.4 cm³/mol. The van der Waals surface area contributed by atoms with E-state index in [0.717, 1.165) is 13.1 Å². The van der Waals surface area contributed by atoms with Gasteiger partial charge < -0.3 is 5.73 Å². The largest absolute Gasteiger partial charge is 0.329 e. The second kappa shape index (κ2) is 6.90. The predicted octanol–water partition coefficient (Wildman–Crippen LogP) is 2.27. The highest BCUT2D eigenvalue weighted by molar-refractivity contribution is 5.11. The molecule has 1 atom stereocenters. The van der Waals surface area contributed by atoms with Crippen LogP contribution in [0.4, 0.5) is 0 Å². The number of hydrogen-bond acceptors (Lipinski definition) is 3. The summed E-state index contributed by atoms with van der Waals surface area (Å²) < 4.78 is 1.96. The highest BCUT2D eigenvalue weighted by Gasteiger charge is 2.23. The van der Waals surface area contributed by atoms with Gasteiger partial charge in [-0.3, -0.25) is 9.58 Å². The Hall–Kier alpha value is -0.870. The number of nitrogens with zero attached hydrogens (tertiary/aromatic N) is 3. The van der Waals surface area contributed by atoms with E-state index in [1.807, 2.05) is 10.9 Å². The molecule has 0 saturated carbocycles. The van der Waals surface area contributed by atoms with Crippen LogP contribution in [0.5, 0.6) is 0 Å². The molecular formula is C14H28N4. The van der Waals surface area contributed by atoms with Gasteiger partial charge in [0.05, 0.1) is 12.2 Å². The van der Waals surface area contributed by atoms with Crippen LogP contribution in [0.3, 0.4) is 0 Å². The summed E-state index contributed by atoms with van der Waals surface area (Å²) in [7, 11) is 0. The highest BCUT2D eigenvalue weighted by atomic mass is 15.3. The Kier molecular flexibility index (Phi) is 5.82. The summed E-state index contributed by atoms with van der Waals surface area (Å²) in [6, 6.07) is 0.763. The number of rotatable bonds is 7. The Bertz CT molecular complexity index is 343. The van der Waals surface area contributed by atoms with Gasteiger partial charge in [0.25, 0.3) is 0 Å². The maximum Gasteiger partial charge on any atom is 0.0538 e. The lowest BCUT2D eigenvalue weighted by atomic mass is 10.1. The SMILES string of the molecule is CCn1cc(C(CN)N(CC(C)C)C(C)C)cn1. The van der Waals surface area contributed by atoms with Gasteiger partial charge in [-0.25, -0.2) is 0 Å². The first-order valence-electron chi connectivity index (χ1n) is 6.97. The van der Waals surface area contributed by atoms with Crippen LogP contribution in [0.25, 0.3) is 0 Å². The minimum absolute atomic E-state index is 0.271. The molecule has 0 aliphatic rings. The van der Waals surface area contributed by atoms with Crippen LogP contribution in [0.2, 0.25) is 0 Å². The molecule has 0 spiro atoms. The van der Waals surface area contributed by atoms with E-state index in [2.05, 4.69) is 50.8 Å². The molecule has 1 aromatic heterocycles. The smallest absolute Gasteiger partial charge is 0.0538 e. The van der Waals surface area contributed by atoms with Crippen molar-refractivity contribution >= 4 is 0 Å². The van der Waals surface area contributed by atoms with E-state index >= 15 is 0 Å². The fourth-order valence-corrected chi connectivity index (χ4v) is 2.31. The molecule has 0 bridgehead atoms. The van der Waals surface area contributed by atoms with Crippen molar-refractivity contribution < 1.29 is 0 Å². The molecule has 18 heavy (non-hydrogen) atoms. The van der Waals surface area contributed by atoms with Gasteiger partial charge in [0.2, 0.25) is 0 Å². The molecule has 0 aliphatic heterocycles. The second-order valence-electron chi connectivity index (χ2n) is 5.57. The molecule has 1 rings (SSSR count). The molecule has 1 heterocycles. The molecule has 104 valence electrons. The van der Waals surface area contributed by atoms with Crippen molar-refractivity contribution in [1.29, 1.82) is 0 Å². The zero-order valence-electron chi connectivity index (χ0n) is 12.4. The monoisotopic (exact) mass is 252 g/mol. The van der Waals surface area contributed by atoms with Gasteiger partial charge >= 0.3 is 0 Å². The lowest BCUT2D eigenvalue weighted by molar-refractivity contribution is 0.138. The van der Waals surface area contributed by atoms with Crippen molar-refractivity contribution in [3.05, 3.63) is 18.0 Å². The normalized spacial score (nSPS) is 13.8. The van der Waals surface area contributed by atoms with Crippen LogP contribution in [-0.4, -0.2) is 33.8 Å². The number of aromatic nitrogens is 2. The highest BCUT2D eigenvalue weighted by Crippen LogP contribution is 2.22. The van der Waals surface area contributed by atoms with Crippen molar-refractivity contribution in [3.8, 4) is 0 Å². The van der Waals surface area contributed by atoms with Gasteiger partial charge in [0, 0.05) is 37.4 Å². The van der Waals surface area contributed by atoms with Crippen LogP contribution >= 0.6 is 0 Å². The number of hydrogen-bond donors (Lipinski definition) is 1. The lowest BCUT2D eigenvalue weighted by Gasteiger charge is -2.35. The van der Waals surface area contributed by atoms with Crippen molar-refractivity contribution in [2.45, 2.75) is 53.2 Å². The van der Waals surface area contributed by atoms with Crippen LogP contribution in [-0.2, 0) is 6.54 Å². The summed E-state index contributed by atoms with van der Waals surface area (Å²) in [6.45, 7) is 13.7. The average molecular weight is 252 g/mol. The Morgan fingerprint density at radius 1 is 1.33 bits per heavy atom. The van der Waals surface area contributed by atoms with E-state index < -0.39 is 0 Å². The van der Waals surface area contributed by atoms with E-state index in [4.69, 9.17) is 5.73 Å². The lowest BCUT2D eigenvalue weighted by Crippen LogP contribution is -2.40. The third kappa shape index (κ3) is 3.82. The Morgan fingerprint density at radius 2 is 2.00 bits per heavy atom. The fourth-order valence-electron chi connectivity index (χ4n) is 2.31. The van der Waals surface area contributed by atoms with E-state index in [0.29, 0.717) is 18.5 Å². The maximum absolute atomic E-state index is 5.99. The minimum atomic E-state index is 0.271. The van der Waals surface area contributed by atoms with Crippen molar-refractivity contribution in [2.75, 3.05) is 13.1 Å². The van der Waals surface area contributed by atoms with Crippen LogP contribution in [0.15, 0.2) is 12.4 Å². The average Bonchev–Trinajstić information content (AvgIpc) is 2.76. The van der Waals surface area contributed by atoms with Crippen LogP contribution in [0.1, 0.15) is 46.2 Å². The molecule has 0 saturated heterocycles. The first-order chi connectivity index (χ1) is 8.49. The van der Waals surface area contributed by atoms with E-state index in [1.54, 1.807) is 0 Å². The molecule has 4 heteroatoms. The zero-order chi connectivity index (χ0) is 13.7. The molecule has 4 nitrogen and oxygen atoms in total. The molecule has 0 aliphatic carbocycles. The van der Waals surface area contributed by atoms with Crippen molar-refractivity contribution in [1.82, 2.24) is 14.7 Å². The Labute approximate surface area is 111 Å². The molecule has 0 fully saturated rings. The van der Waals surface area contributed by atoms with Gasteiger partial charge in [-0.15, -0.1) is 0 Å². The maximum atomic E-state index is 5.99. The van der Waals surface area contributed by atoms with Gasteiger partial charge in [0.1, 0.15) is 0 Å². The molecule has 0 aromatic carbocycles. The van der Waals surface area contributed by atoms with Gasteiger partial charge in [-0.2, -0.15) is 5.10 Å². The fraction of sp³-hybridized carbons (Fsp3) is 0.786. The standard InChI is InChI=1S/C14H28N4/c1-6-17-10-13(8-16-17)14(7-15)18(12(4)5)9-11(2)3/h8,10-12,14H,6-7,9,15H2,1-5H3. The summed E-state index contributed by atoms with van der Waals surface area (Å²) >= 11 is 0. The first-order valence-corrected chi connectivity index (χ1v) is 6.97. The van der Waals surface area contributed by atoms with Gasteiger partial charge in [0.15, 0.2) is 0 Å². The summed E-state index contributed by atoms with van der Waals surface area (Å²) in [6.07, 6.45) is 4.07. The van der Waals surface area contributed by atoms with Crippen molar-refractivity contribution in [2.24, 2.45) is 11.7 Å². The Morgan fingerprint density at radius 3 is 2.39 bits per heavy atom. The van der Waals surface area contributed by atoms with Crippen molar-refractivity contribution in [3.63, 3.8) is 0 Å². The second-order valence-corrected chi connectivity index (χ2v) is 5.57. The van der Waals surface area contributed by atoms with Gasteiger partial charge in [-0.05, 0) is 26.7 Å². The quantitative estimate of drug-likeness (QED) is 0.810. The first kappa shape index (κ1) is 15.2. The summed E-state index contributed by atoms with van der Waals surface area (Å²) in [5.74, 6) is 0.641. The van der Waals surface area contributed by atoms with E-state index in [9.17, 15) is 0 Å². The van der Waals surface area contributed by atoms with E-state index in [-0.39, 0.29) is 6.04 Å². The topological polar surface area (TPSA) is 47.1 Å². The zero-order valence-corrected chi connectivity index (χ0v) is 12.4. The summed E-state index contributed by atoms with van der Waals surface area (Å²) in [4.78, 5) is 2.47. The summed E-state index contributed by atoms with van der Waals surface area (Å²) in [5, 5.41) is 4.36. The van der Waals surface area contributed by atoms with Crippen LogP contribution in [0, 0.1) is 5.92 Å². The molecule has 2 N–H and O–H groups in total. The third-order valence-electron chi connectivity index (χ3n) is 3.22. The molecular weight excluding hydrogens is 224 g/mol. The van der Waals surface area contributed by atoms with E-state index in [1.165, 1.54) is 5.56 Å². The third-order valence-corrected chi connectivity index (χ3v) is 3.22. The summed E-state index contributed by atoms with van der Waals surface area (Å²) in [5.41, 5.74) is 7.22. The van der Waals surface area contributed by atoms with Crippen LogP contribution < -0.4 is 5.73 Å². The molecule has 0 amide bonds. The minimum Gasteiger partial charge on any atom is -0.329 e. The number of nitrogens with two attached hydrogens (primary N) is 1. The molecule has 1 aromatic rings. The van der Waals surface area contributed by atoms with Gasteiger partial charge in [-0.1, -0.05) is 13.8 Å². The molecule has 0 radical (unpaired) electrons. The Balaban J connectivity index is 2.90. The number of aryl methyl sites for hydroxylation is 1.